The fourth-order valence-electron chi connectivity index (χ4n) is 5.79. The maximum Gasteiger partial charge on any atom is 0.472 e. The molecule has 3 atom stereocenters. The molecule has 0 bridgehead atoms. The first-order chi connectivity index (χ1) is 25.7. The summed E-state index contributed by atoms with van der Waals surface area (Å²) >= 11 is 0. The summed E-state index contributed by atoms with van der Waals surface area (Å²) in [5.41, 5.74) is 0. The highest BCUT2D eigenvalue weighted by Crippen LogP contribution is 2.43. The van der Waals surface area contributed by atoms with E-state index in [0.29, 0.717) is 12.8 Å². The quantitative estimate of drug-likeness (QED) is 0.0238. The summed E-state index contributed by atoms with van der Waals surface area (Å²) in [5, 5.41) is 18.3. The molecule has 0 aromatic rings. The number of allylic oxidation sites excluding steroid dienone is 4. The normalized spacial score (nSPS) is 14.1. The van der Waals surface area contributed by atoms with E-state index in [2.05, 4.69) is 42.7 Å². The predicted molar refractivity (Wildman–Crippen MR) is 215 cm³/mol. The Bertz CT molecular complexity index is 941. The van der Waals surface area contributed by atoms with E-state index in [9.17, 15) is 24.2 Å². The van der Waals surface area contributed by atoms with E-state index in [1.165, 1.54) is 103 Å². The van der Waals surface area contributed by atoms with E-state index in [0.717, 1.165) is 51.4 Å². The smallest absolute Gasteiger partial charge is 0.462 e. The van der Waals surface area contributed by atoms with E-state index in [4.69, 9.17) is 19.1 Å². The number of carbonyl (C=O) groups excluding carboxylic acids is 2. The molecule has 0 aromatic heterocycles. The van der Waals surface area contributed by atoms with Gasteiger partial charge in [0.15, 0.2) is 6.10 Å². The van der Waals surface area contributed by atoms with Crippen LogP contribution in [0.3, 0.4) is 0 Å². The molecule has 0 radical (unpaired) electrons. The van der Waals surface area contributed by atoms with Gasteiger partial charge in [-0.2, -0.15) is 0 Å². The van der Waals surface area contributed by atoms with E-state index in [1.54, 1.807) is 0 Å². The van der Waals surface area contributed by atoms with Gasteiger partial charge in [0.2, 0.25) is 0 Å². The van der Waals surface area contributed by atoms with Crippen LogP contribution < -0.4 is 0 Å². The van der Waals surface area contributed by atoms with Gasteiger partial charge in [-0.05, 0) is 44.9 Å². The van der Waals surface area contributed by atoms with Gasteiger partial charge in [-0.25, -0.2) is 4.57 Å². The molecule has 0 heterocycles. The van der Waals surface area contributed by atoms with Crippen LogP contribution in [0.4, 0.5) is 0 Å². The average molecular weight is 775 g/mol. The monoisotopic (exact) mass is 775 g/mol. The van der Waals surface area contributed by atoms with Crippen LogP contribution >= 0.6 is 7.82 Å². The molecule has 0 saturated carbocycles. The summed E-state index contributed by atoms with van der Waals surface area (Å²) in [6.07, 6.45) is 37.1. The molecule has 0 saturated heterocycles. The summed E-state index contributed by atoms with van der Waals surface area (Å²) in [5.74, 6) is -0.925. The molecule has 0 aliphatic carbocycles. The molecule has 10 nitrogen and oxygen atoms in total. The molecular formula is C42H79O10P. The number of unbranched alkanes of at least 4 members (excludes halogenated alkanes) is 22. The third-order valence-corrected chi connectivity index (χ3v) is 10.1. The largest absolute Gasteiger partial charge is 0.472 e. The number of esters is 2. The lowest BCUT2D eigenvalue weighted by Crippen LogP contribution is -2.29. The molecule has 1 unspecified atom stereocenters. The summed E-state index contributed by atoms with van der Waals surface area (Å²) in [7, 11) is -4.61. The van der Waals surface area contributed by atoms with Crippen LogP contribution in [-0.4, -0.2) is 65.7 Å². The summed E-state index contributed by atoms with van der Waals surface area (Å²) in [4.78, 5) is 34.9. The lowest BCUT2D eigenvalue weighted by atomic mass is 10.1. The van der Waals surface area contributed by atoms with Gasteiger partial charge >= 0.3 is 19.8 Å². The van der Waals surface area contributed by atoms with Crippen molar-refractivity contribution in [2.45, 2.75) is 206 Å². The van der Waals surface area contributed by atoms with Crippen LogP contribution in [0.15, 0.2) is 24.3 Å². The molecule has 0 fully saturated rings. The van der Waals surface area contributed by atoms with Crippen LogP contribution in [0.2, 0.25) is 0 Å². The second-order valence-electron chi connectivity index (χ2n) is 14.4. The van der Waals surface area contributed by atoms with Crippen molar-refractivity contribution in [3.63, 3.8) is 0 Å². The lowest BCUT2D eigenvalue weighted by Gasteiger charge is -2.20. The number of ether oxygens (including phenoxy) is 2. The molecule has 0 spiro atoms. The molecule has 53 heavy (non-hydrogen) atoms. The van der Waals surface area contributed by atoms with Crippen molar-refractivity contribution >= 4 is 19.8 Å². The van der Waals surface area contributed by atoms with Crippen LogP contribution in [-0.2, 0) is 32.7 Å². The Hall–Kier alpha value is -1.55. The molecule has 11 heteroatoms. The number of phosphoric ester groups is 1. The van der Waals surface area contributed by atoms with Gasteiger partial charge in [-0.15, -0.1) is 0 Å². The first-order valence-electron chi connectivity index (χ1n) is 21.3. The van der Waals surface area contributed by atoms with E-state index < -0.39 is 51.8 Å². The number of aliphatic hydroxyl groups excluding tert-OH is 2. The standard InChI is InChI=1S/C42H79O10P/c1-3-5-7-9-11-13-15-16-17-18-19-20-21-22-24-25-27-29-31-33-41(45)49-37-40(38-51-53(47,48)50-36-39(44)35-43)52-42(46)34-32-30-28-26-23-14-12-10-8-6-4-2/h11,13,16-17,39-40,43-44H,3-10,12,14-15,18-38H2,1-2H3,(H,47,48)/b13-11+,17-16+/t39-,40+/m1/s1. The summed E-state index contributed by atoms with van der Waals surface area (Å²) < 4.78 is 32.6. The number of carbonyl (C=O) groups is 2. The molecule has 0 aromatic carbocycles. The molecule has 3 N–H and O–H groups in total. The Morgan fingerprint density at radius 1 is 0.566 bits per heavy atom. The Labute approximate surface area is 323 Å². The molecule has 0 aliphatic heterocycles. The SMILES string of the molecule is CCCCC/C=C/C/C=C/CCCCCCCCCCCC(=O)OC[C@@H](COP(=O)(O)OC[C@H](O)CO)OC(=O)CCCCCCCCCCCCC. The van der Waals surface area contributed by atoms with Gasteiger partial charge in [0, 0.05) is 12.8 Å². The third-order valence-electron chi connectivity index (χ3n) is 9.11. The maximum absolute atomic E-state index is 12.6. The van der Waals surface area contributed by atoms with Gasteiger partial charge in [-0.1, -0.05) is 160 Å². The van der Waals surface area contributed by atoms with E-state index in [1.807, 2.05) is 0 Å². The Morgan fingerprint density at radius 3 is 1.49 bits per heavy atom. The number of phosphoric acid groups is 1. The second kappa shape index (κ2) is 38.7. The zero-order valence-electron chi connectivity index (χ0n) is 33.7. The zero-order valence-corrected chi connectivity index (χ0v) is 34.6. The Balaban J connectivity index is 4.23. The van der Waals surface area contributed by atoms with Crippen LogP contribution in [0, 0.1) is 0 Å². The Kier molecular flexibility index (Phi) is 37.6. The van der Waals surface area contributed by atoms with Crippen LogP contribution in [0.25, 0.3) is 0 Å². The first kappa shape index (κ1) is 51.5. The fraction of sp³-hybridized carbons (Fsp3) is 0.857. The van der Waals surface area contributed by atoms with Crippen LogP contribution in [0.1, 0.15) is 194 Å². The highest BCUT2D eigenvalue weighted by atomic mass is 31.2. The predicted octanol–water partition coefficient (Wildman–Crippen LogP) is 11.0. The Morgan fingerprint density at radius 2 is 0.981 bits per heavy atom. The van der Waals surface area contributed by atoms with Gasteiger partial charge in [-0.3, -0.25) is 18.6 Å². The van der Waals surface area contributed by atoms with Crippen molar-refractivity contribution in [3.05, 3.63) is 24.3 Å². The summed E-state index contributed by atoms with van der Waals surface area (Å²) in [6, 6.07) is 0. The topological polar surface area (TPSA) is 149 Å². The van der Waals surface area contributed by atoms with Crippen molar-refractivity contribution in [2.24, 2.45) is 0 Å². The van der Waals surface area contributed by atoms with Crippen molar-refractivity contribution in [1.82, 2.24) is 0 Å². The average Bonchev–Trinajstić information content (AvgIpc) is 3.14. The lowest BCUT2D eigenvalue weighted by molar-refractivity contribution is -0.161. The molecule has 0 amide bonds. The molecule has 312 valence electrons. The third kappa shape index (κ3) is 38.5. The van der Waals surface area contributed by atoms with Crippen molar-refractivity contribution in [1.29, 1.82) is 0 Å². The molecule has 0 aliphatic rings. The minimum Gasteiger partial charge on any atom is -0.462 e. The second-order valence-corrected chi connectivity index (χ2v) is 15.8. The van der Waals surface area contributed by atoms with Gasteiger partial charge in [0.1, 0.15) is 12.7 Å². The maximum atomic E-state index is 12.6. The summed E-state index contributed by atoms with van der Waals surface area (Å²) in [6.45, 7) is 2.35. The minimum atomic E-state index is -4.61. The molecular weight excluding hydrogens is 695 g/mol. The number of hydrogen-bond acceptors (Lipinski definition) is 9. The van der Waals surface area contributed by atoms with Crippen molar-refractivity contribution < 1.29 is 47.8 Å². The number of hydrogen-bond donors (Lipinski definition) is 3. The van der Waals surface area contributed by atoms with Crippen LogP contribution in [0.5, 0.6) is 0 Å². The highest BCUT2D eigenvalue weighted by Gasteiger charge is 2.27. The number of rotatable bonds is 40. The highest BCUT2D eigenvalue weighted by molar-refractivity contribution is 7.47. The number of aliphatic hydroxyl groups is 2. The fourth-order valence-corrected chi connectivity index (χ4v) is 6.58. The van der Waals surface area contributed by atoms with Crippen molar-refractivity contribution in [3.8, 4) is 0 Å². The van der Waals surface area contributed by atoms with Gasteiger partial charge in [0.25, 0.3) is 0 Å². The van der Waals surface area contributed by atoms with E-state index >= 15 is 0 Å². The van der Waals surface area contributed by atoms with E-state index in [-0.39, 0.29) is 19.4 Å². The van der Waals surface area contributed by atoms with Gasteiger partial charge in [0.05, 0.1) is 19.8 Å². The van der Waals surface area contributed by atoms with Gasteiger partial charge < -0.3 is 24.6 Å². The first-order valence-corrected chi connectivity index (χ1v) is 22.8. The molecule has 0 rings (SSSR count). The minimum absolute atomic E-state index is 0.187. The zero-order chi connectivity index (χ0) is 39.1. The van der Waals surface area contributed by atoms with Crippen molar-refractivity contribution in [2.75, 3.05) is 26.4 Å².